The number of thioether (sulfide) groups is 1. The first kappa shape index (κ1) is 18.1. The minimum atomic E-state index is 0. The molecule has 0 aromatic carbocycles. The molecule has 118 valence electrons. The summed E-state index contributed by atoms with van der Waals surface area (Å²) >= 11 is 1.95. The van der Waals surface area contributed by atoms with E-state index in [1.165, 1.54) is 31.4 Å². The molecule has 1 amide bonds. The largest absolute Gasteiger partial charge is 0.353 e. The van der Waals surface area contributed by atoms with Crippen LogP contribution in [0.2, 0.25) is 0 Å². The van der Waals surface area contributed by atoms with Crippen LogP contribution in [0.5, 0.6) is 0 Å². The van der Waals surface area contributed by atoms with Gasteiger partial charge in [0.15, 0.2) is 0 Å². The van der Waals surface area contributed by atoms with Crippen LogP contribution in [0, 0.1) is 11.8 Å². The van der Waals surface area contributed by atoms with Gasteiger partial charge < -0.3 is 10.6 Å². The van der Waals surface area contributed by atoms with Gasteiger partial charge in [0.05, 0.1) is 0 Å². The summed E-state index contributed by atoms with van der Waals surface area (Å²) in [5.74, 6) is 3.85. The minimum Gasteiger partial charge on any atom is -0.353 e. The van der Waals surface area contributed by atoms with E-state index in [1.54, 1.807) is 0 Å². The number of nitrogens with one attached hydrogen (secondary N) is 2. The molecule has 1 saturated carbocycles. The zero-order valence-corrected chi connectivity index (χ0v) is 14.3. The van der Waals surface area contributed by atoms with Crippen LogP contribution < -0.4 is 10.6 Å². The van der Waals surface area contributed by atoms with E-state index in [-0.39, 0.29) is 18.3 Å². The van der Waals surface area contributed by atoms with E-state index in [2.05, 4.69) is 24.5 Å². The van der Waals surface area contributed by atoms with E-state index in [9.17, 15) is 4.79 Å². The van der Waals surface area contributed by atoms with Crippen LogP contribution in [0.3, 0.4) is 0 Å². The Morgan fingerprint density at radius 3 is 2.75 bits per heavy atom. The molecule has 2 N–H and O–H groups in total. The quantitative estimate of drug-likeness (QED) is 0.837. The molecule has 3 unspecified atom stereocenters. The molecule has 0 spiro atoms. The molecule has 0 aromatic rings. The molecule has 2 rings (SSSR count). The van der Waals surface area contributed by atoms with Crippen molar-refractivity contribution in [1.82, 2.24) is 10.6 Å². The van der Waals surface area contributed by atoms with Crippen LogP contribution in [0.25, 0.3) is 0 Å². The minimum absolute atomic E-state index is 0. The standard InChI is InChI=1S/C15H28N2OS.ClH/c1-11(2)13-5-3-4-6-14(13)17-15(18)9-12-10-19-8-7-16-12;/h11-14,16H,3-10H2,1-2H3,(H,17,18);1H. The molecule has 3 nitrogen and oxygen atoms in total. The first-order valence-corrected chi connectivity index (χ1v) is 8.92. The van der Waals surface area contributed by atoms with Gasteiger partial charge in [-0.2, -0.15) is 11.8 Å². The van der Waals surface area contributed by atoms with Gasteiger partial charge in [-0.3, -0.25) is 4.79 Å². The molecule has 0 radical (unpaired) electrons. The van der Waals surface area contributed by atoms with Crippen molar-refractivity contribution in [3.05, 3.63) is 0 Å². The average molecular weight is 321 g/mol. The highest BCUT2D eigenvalue weighted by molar-refractivity contribution is 7.99. The molecule has 2 fully saturated rings. The molecule has 5 heteroatoms. The first-order chi connectivity index (χ1) is 9.16. The van der Waals surface area contributed by atoms with Crippen molar-refractivity contribution in [2.75, 3.05) is 18.1 Å². The molecule has 2 aliphatic rings. The van der Waals surface area contributed by atoms with Crippen molar-refractivity contribution in [1.29, 1.82) is 0 Å². The van der Waals surface area contributed by atoms with E-state index in [1.807, 2.05) is 11.8 Å². The molecule has 1 saturated heterocycles. The second-order valence-corrected chi connectivity index (χ2v) is 7.45. The highest BCUT2D eigenvalue weighted by atomic mass is 35.5. The third-order valence-electron chi connectivity index (χ3n) is 4.45. The normalized spacial score (nSPS) is 30.6. The third-order valence-corrected chi connectivity index (χ3v) is 5.58. The number of hydrogen-bond acceptors (Lipinski definition) is 3. The Bertz CT molecular complexity index is 296. The predicted molar refractivity (Wildman–Crippen MR) is 89.7 cm³/mol. The summed E-state index contributed by atoms with van der Waals surface area (Å²) in [7, 11) is 0. The van der Waals surface area contributed by atoms with Crippen molar-refractivity contribution in [2.45, 2.75) is 58.0 Å². The summed E-state index contributed by atoms with van der Waals surface area (Å²) in [6.45, 7) is 5.61. The molecule has 0 aromatic heterocycles. The fraction of sp³-hybridized carbons (Fsp3) is 0.933. The lowest BCUT2D eigenvalue weighted by atomic mass is 9.78. The lowest BCUT2D eigenvalue weighted by molar-refractivity contribution is -0.123. The molecule has 20 heavy (non-hydrogen) atoms. The second kappa shape index (κ2) is 9.16. The van der Waals surface area contributed by atoms with Crippen LogP contribution >= 0.6 is 24.2 Å². The monoisotopic (exact) mass is 320 g/mol. The van der Waals surface area contributed by atoms with Crippen LogP contribution in [0.15, 0.2) is 0 Å². The van der Waals surface area contributed by atoms with E-state index >= 15 is 0 Å². The third kappa shape index (κ3) is 5.45. The SMILES string of the molecule is CC(C)C1CCCCC1NC(=O)CC1CSCCN1.Cl. The Hall–Kier alpha value is 0.0700. The molecular formula is C15H29ClN2OS. The first-order valence-electron chi connectivity index (χ1n) is 7.77. The smallest absolute Gasteiger partial charge is 0.221 e. The van der Waals surface area contributed by atoms with Crippen molar-refractivity contribution in [2.24, 2.45) is 11.8 Å². The lowest BCUT2D eigenvalue weighted by Gasteiger charge is -2.35. The second-order valence-electron chi connectivity index (χ2n) is 6.30. The van der Waals surface area contributed by atoms with Crippen molar-refractivity contribution in [3.8, 4) is 0 Å². The maximum atomic E-state index is 12.2. The topological polar surface area (TPSA) is 41.1 Å². The summed E-state index contributed by atoms with van der Waals surface area (Å²) in [4.78, 5) is 12.2. The van der Waals surface area contributed by atoms with E-state index in [4.69, 9.17) is 0 Å². The summed E-state index contributed by atoms with van der Waals surface area (Å²) in [6, 6.07) is 0.789. The zero-order chi connectivity index (χ0) is 13.7. The maximum absolute atomic E-state index is 12.2. The molecule has 1 aliphatic carbocycles. The number of rotatable bonds is 4. The molecule has 1 aliphatic heterocycles. The molecule has 0 bridgehead atoms. The van der Waals surface area contributed by atoms with Gasteiger partial charge in [-0.1, -0.05) is 26.7 Å². The number of halogens is 1. The summed E-state index contributed by atoms with van der Waals surface area (Å²) in [6.07, 6.45) is 5.69. The van der Waals surface area contributed by atoms with E-state index < -0.39 is 0 Å². The highest BCUT2D eigenvalue weighted by Crippen LogP contribution is 2.30. The van der Waals surface area contributed by atoms with Gasteiger partial charge in [-0.15, -0.1) is 12.4 Å². The van der Waals surface area contributed by atoms with Crippen molar-refractivity contribution in [3.63, 3.8) is 0 Å². The summed E-state index contributed by atoms with van der Waals surface area (Å²) in [5, 5.41) is 6.75. The predicted octanol–water partition coefficient (Wildman–Crippen LogP) is 2.83. The van der Waals surface area contributed by atoms with Gasteiger partial charge in [-0.25, -0.2) is 0 Å². The summed E-state index contributed by atoms with van der Waals surface area (Å²) in [5.41, 5.74) is 0. The molecule has 1 heterocycles. The van der Waals surface area contributed by atoms with Crippen LogP contribution in [-0.2, 0) is 4.79 Å². The van der Waals surface area contributed by atoms with Gasteiger partial charge in [0.2, 0.25) is 5.91 Å². The molecular weight excluding hydrogens is 292 g/mol. The van der Waals surface area contributed by atoms with Gasteiger partial charge in [0.1, 0.15) is 0 Å². The number of carbonyl (C=O) groups excluding carboxylic acids is 1. The maximum Gasteiger partial charge on any atom is 0.221 e. The van der Waals surface area contributed by atoms with Crippen LogP contribution in [0.4, 0.5) is 0 Å². The lowest BCUT2D eigenvalue weighted by Crippen LogP contribution is -2.47. The Morgan fingerprint density at radius 1 is 1.35 bits per heavy atom. The Kier molecular flexibility index (Phi) is 8.30. The zero-order valence-electron chi connectivity index (χ0n) is 12.7. The number of hydrogen-bond donors (Lipinski definition) is 2. The Labute approximate surface area is 133 Å². The van der Waals surface area contributed by atoms with Gasteiger partial charge in [0, 0.05) is 36.6 Å². The Balaban J connectivity index is 0.00000200. The van der Waals surface area contributed by atoms with Gasteiger partial charge in [0.25, 0.3) is 0 Å². The van der Waals surface area contributed by atoms with Crippen LogP contribution in [0.1, 0.15) is 46.0 Å². The average Bonchev–Trinajstić information content (AvgIpc) is 2.40. The molecule has 3 atom stereocenters. The van der Waals surface area contributed by atoms with E-state index in [0.29, 0.717) is 30.3 Å². The van der Waals surface area contributed by atoms with Gasteiger partial charge >= 0.3 is 0 Å². The van der Waals surface area contributed by atoms with E-state index in [0.717, 1.165) is 12.3 Å². The highest BCUT2D eigenvalue weighted by Gasteiger charge is 2.29. The number of amides is 1. The van der Waals surface area contributed by atoms with Crippen LogP contribution in [-0.4, -0.2) is 36.0 Å². The van der Waals surface area contributed by atoms with Gasteiger partial charge in [-0.05, 0) is 24.7 Å². The van der Waals surface area contributed by atoms with Crippen molar-refractivity contribution < 1.29 is 4.79 Å². The fourth-order valence-electron chi connectivity index (χ4n) is 3.38. The Morgan fingerprint density at radius 2 is 2.10 bits per heavy atom. The summed E-state index contributed by atoms with van der Waals surface area (Å²) < 4.78 is 0. The number of carbonyl (C=O) groups is 1. The van der Waals surface area contributed by atoms with Crippen molar-refractivity contribution >= 4 is 30.1 Å². The fourth-order valence-corrected chi connectivity index (χ4v) is 4.33.